The monoisotopic (exact) mass is 333 g/mol. The lowest BCUT2D eigenvalue weighted by Crippen LogP contribution is -2.30. The number of carboxylic acid groups (broad SMARTS) is 1. The molecule has 2 N–H and O–H groups in total. The lowest BCUT2D eigenvalue weighted by molar-refractivity contribution is -0.145. The van der Waals surface area contributed by atoms with Gasteiger partial charge >= 0.3 is 5.97 Å². The number of rotatable bonds is 3. The second-order valence-corrected chi connectivity index (χ2v) is 6.19. The standard InChI is InChI=1S/C14H14Cl2FNO3/c1-6-2-8(9(3-6)14(20)21)13(19)18-7-4-10(15)12(17)11(16)5-7/h4-6,8-9H,2-3H2,1H3,(H,18,19)(H,20,21)/t6?,8-,9+/m0/s1. The Kier molecular flexibility index (Phi) is 4.74. The number of carbonyl (C=O) groups excluding carboxylic acids is 1. The van der Waals surface area contributed by atoms with Crippen LogP contribution in [0.25, 0.3) is 0 Å². The lowest BCUT2D eigenvalue weighted by Gasteiger charge is -2.16. The van der Waals surface area contributed by atoms with E-state index in [0.717, 1.165) is 0 Å². The van der Waals surface area contributed by atoms with Crippen LogP contribution in [0.3, 0.4) is 0 Å². The largest absolute Gasteiger partial charge is 0.481 e. The van der Waals surface area contributed by atoms with Crippen molar-refractivity contribution in [3.05, 3.63) is 28.0 Å². The molecular weight excluding hydrogens is 320 g/mol. The van der Waals surface area contributed by atoms with Crippen LogP contribution >= 0.6 is 23.2 Å². The van der Waals surface area contributed by atoms with Gasteiger partial charge in [0.1, 0.15) is 0 Å². The molecule has 0 radical (unpaired) electrons. The molecule has 3 atom stereocenters. The van der Waals surface area contributed by atoms with Gasteiger partial charge in [0.25, 0.3) is 0 Å². The highest BCUT2D eigenvalue weighted by Gasteiger charge is 2.41. The number of carbonyl (C=O) groups is 2. The minimum atomic E-state index is -0.977. The predicted octanol–water partition coefficient (Wildman–Crippen LogP) is 3.82. The number of hydrogen-bond donors (Lipinski definition) is 2. The molecule has 21 heavy (non-hydrogen) atoms. The first-order valence-corrected chi connectivity index (χ1v) is 7.23. The molecule has 4 nitrogen and oxygen atoms in total. The van der Waals surface area contributed by atoms with E-state index in [-0.39, 0.29) is 21.7 Å². The zero-order valence-electron chi connectivity index (χ0n) is 11.2. The van der Waals surface area contributed by atoms with Crippen molar-refractivity contribution >= 4 is 40.8 Å². The third-order valence-corrected chi connectivity index (χ3v) is 4.25. The Bertz CT molecular complexity index is 571. The summed E-state index contributed by atoms with van der Waals surface area (Å²) in [5.41, 5.74) is 0.250. The Morgan fingerprint density at radius 1 is 1.24 bits per heavy atom. The van der Waals surface area contributed by atoms with E-state index >= 15 is 0 Å². The molecule has 1 fully saturated rings. The summed E-state index contributed by atoms with van der Waals surface area (Å²) in [5, 5.41) is 11.3. The summed E-state index contributed by atoms with van der Waals surface area (Å²) in [6.07, 6.45) is 0.976. The fourth-order valence-corrected chi connectivity index (χ4v) is 3.20. The van der Waals surface area contributed by atoms with E-state index in [1.165, 1.54) is 12.1 Å². The summed E-state index contributed by atoms with van der Waals surface area (Å²) in [6.45, 7) is 1.91. The highest BCUT2D eigenvalue weighted by atomic mass is 35.5. The lowest BCUT2D eigenvalue weighted by atomic mass is 9.95. The van der Waals surface area contributed by atoms with Crippen LogP contribution in [0.1, 0.15) is 19.8 Å². The molecule has 1 aromatic carbocycles. The van der Waals surface area contributed by atoms with Crippen LogP contribution in [0.4, 0.5) is 10.1 Å². The molecule has 2 rings (SSSR count). The number of benzene rings is 1. The summed E-state index contributed by atoms with van der Waals surface area (Å²) in [5.74, 6) is -3.29. The van der Waals surface area contributed by atoms with Crippen molar-refractivity contribution in [3.63, 3.8) is 0 Å². The van der Waals surface area contributed by atoms with Crippen LogP contribution < -0.4 is 5.32 Å². The van der Waals surface area contributed by atoms with Gasteiger partial charge in [0, 0.05) is 5.69 Å². The molecule has 1 aromatic rings. The zero-order valence-corrected chi connectivity index (χ0v) is 12.7. The summed E-state index contributed by atoms with van der Waals surface area (Å²) in [7, 11) is 0. The smallest absolute Gasteiger partial charge is 0.307 e. The first-order chi connectivity index (χ1) is 9.79. The molecule has 114 valence electrons. The average Bonchev–Trinajstić information content (AvgIpc) is 2.78. The molecule has 7 heteroatoms. The van der Waals surface area contributed by atoms with Gasteiger partial charge in [0.15, 0.2) is 5.82 Å². The maximum atomic E-state index is 13.3. The van der Waals surface area contributed by atoms with Crippen molar-refractivity contribution in [1.29, 1.82) is 0 Å². The second-order valence-electron chi connectivity index (χ2n) is 5.37. The van der Waals surface area contributed by atoms with Crippen LogP contribution in [0.2, 0.25) is 10.0 Å². The summed E-state index contributed by atoms with van der Waals surface area (Å²) in [6, 6.07) is 2.49. The van der Waals surface area contributed by atoms with E-state index in [0.29, 0.717) is 12.8 Å². The normalized spacial score (nSPS) is 24.9. The van der Waals surface area contributed by atoms with Crippen molar-refractivity contribution in [2.75, 3.05) is 5.32 Å². The van der Waals surface area contributed by atoms with Crippen LogP contribution in [0.15, 0.2) is 12.1 Å². The van der Waals surface area contributed by atoms with Gasteiger partial charge < -0.3 is 10.4 Å². The quantitative estimate of drug-likeness (QED) is 0.826. The SMILES string of the molecule is CC1C[C@H](C(=O)Nc2cc(Cl)c(F)c(Cl)c2)[C@H](C(=O)O)C1. The number of nitrogens with one attached hydrogen (secondary N) is 1. The van der Waals surface area contributed by atoms with E-state index in [1.54, 1.807) is 0 Å². The third-order valence-electron chi connectivity index (χ3n) is 3.70. The maximum Gasteiger partial charge on any atom is 0.307 e. The molecule has 1 unspecified atom stereocenters. The highest BCUT2D eigenvalue weighted by Crippen LogP contribution is 2.37. The van der Waals surface area contributed by atoms with Gasteiger partial charge in [0.2, 0.25) is 5.91 Å². The fourth-order valence-electron chi connectivity index (χ4n) is 2.72. The topological polar surface area (TPSA) is 66.4 Å². The van der Waals surface area contributed by atoms with Crippen LogP contribution in [-0.4, -0.2) is 17.0 Å². The predicted molar refractivity (Wildman–Crippen MR) is 78.1 cm³/mol. The highest BCUT2D eigenvalue weighted by molar-refractivity contribution is 6.35. The molecule has 0 spiro atoms. The Labute approximate surface area is 131 Å². The van der Waals surface area contributed by atoms with Crippen molar-refractivity contribution in [2.24, 2.45) is 17.8 Å². The van der Waals surface area contributed by atoms with Gasteiger partial charge in [0.05, 0.1) is 21.9 Å². The molecule has 0 bridgehead atoms. The number of anilines is 1. The van der Waals surface area contributed by atoms with Crippen LogP contribution in [-0.2, 0) is 9.59 Å². The molecule has 0 saturated heterocycles. The molecule has 0 heterocycles. The van der Waals surface area contributed by atoms with Gasteiger partial charge in [-0.3, -0.25) is 9.59 Å². The van der Waals surface area contributed by atoms with Gasteiger partial charge in [-0.05, 0) is 30.9 Å². The third kappa shape index (κ3) is 3.47. The number of aliphatic carboxylic acids is 1. The van der Waals surface area contributed by atoms with E-state index in [2.05, 4.69) is 5.32 Å². The van der Waals surface area contributed by atoms with E-state index in [4.69, 9.17) is 28.3 Å². The van der Waals surface area contributed by atoms with E-state index in [9.17, 15) is 14.0 Å². The number of amides is 1. The van der Waals surface area contributed by atoms with Crippen molar-refractivity contribution in [1.82, 2.24) is 0 Å². The Morgan fingerprint density at radius 3 is 2.29 bits per heavy atom. The maximum absolute atomic E-state index is 13.3. The molecule has 1 saturated carbocycles. The minimum Gasteiger partial charge on any atom is -0.481 e. The number of halogens is 3. The Balaban J connectivity index is 2.16. The van der Waals surface area contributed by atoms with Crippen LogP contribution in [0.5, 0.6) is 0 Å². The van der Waals surface area contributed by atoms with Gasteiger partial charge in [-0.25, -0.2) is 4.39 Å². The van der Waals surface area contributed by atoms with E-state index < -0.39 is 29.5 Å². The molecule has 1 aliphatic rings. The molecule has 1 amide bonds. The van der Waals surface area contributed by atoms with Crippen molar-refractivity contribution < 1.29 is 19.1 Å². The fraction of sp³-hybridized carbons (Fsp3) is 0.429. The van der Waals surface area contributed by atoms with E-state index in [1.807, 2.05) is 6.92 Å². The number of carboxylic acids is 1. The van der Waals surface area contributed by atoms with Gasteiger partial charge in [-0.2, -0.15) is 0 Å². The summed E-state index contributed by atoms with van der Waals surface area (Å²) in [4.78, 5) is 23.4. The Hall–Kier alpha value is -1.33. The Morgan fingerprint density at radius 2 is 1.76 bits per heavy atom. The van der Waals surface area contributed by atoms with Crippen molar-refractivity contribution in [2.45, 2.75) is 19.8 Å². The van der Waals surface area contributed by atoms with Gasteiger partial charge in [-0.15, -0.1) is 0 Å². The first kappa shape index (κ1) is 16.0. The second kappa shape index (κ2) is 6.20. The molecular formula is C14H14Cl2FNO3. The zero-order chi connectivity index (χ0) is 15.7. The summed E-state index contributed by atoms with van der Waals surface area (Å²) >= 11 is 11.3. The number of hydrogen-bond acceptors (Lipinski definition) is 2. The molecule has 0 aliphatic heterocycles. The van der Waals surface area contributed by atoms with Crippen LogP contribution in [0, 0.1) is 23.6 Å². The van der Waals surface area contributed by atoms with Crippen molar-refractivity contribution in [3.8, 4) is 0 Å². The first-order valence-electron chi connectivity index (χ1n) is 6.47. The summed E-state index contributed by atoms with van der Waals surface area (Å²) < 4.78 is 13.3. The molecule has 0 aromatic heterocycles. The average molecular weight is 334 g/mol. The molecule has 1 aliphatic carbocycles. The van der Waals surface area contributed by atoms with Gasteiger partial charge in [-0.1, -0.05) is 30.1 Å². The minimum absolute atomic E-state index is 0.169.